The first-order valence-corrected chi connectivity index (χ1v) is 10.1. The van der Waals surface area contributed by atoms with Crippen molar-refractivity contribution >= 4 is 29.9 Å². The molecule has 1 saturated carbocycles. The van der Waals surface area contributed by atoms with Gasteiger partial charge in [-0.2, -0.15) is 0 Å². The normalized spacial score (nSPS) is 24.9. The van der Waals surface area contributed by atoms with Gasteiger partial charge in [-0.1, -0.05) is 18.2 Å². The molecule has 2 aliphatic heterocycles. The Bertz CT molecular complexity index is 642. The highest BCUT2D eigenvalue weighted by atomic mass is 127. The van der Waals surface area contributed by atoms with Gasteiger partial charge in [0.25, 0.3) is 0 Å². The Kier molecular flexibility index (Phi) is 7.25. The number of nitrogens with zero attached hydrogens (tertiary/aromatic N) is 2. The molecule has 27 heavy (non-hydrogen) atoms. The van der Waals surface area contributed by atoms with Crippen molar-refractivity contribution < 1.29 is 9.47 Å². The first-order chi connectivity index (χ1) is 12.8. The second kappa shape index (κ2) is 9.45. The third-order valence-corrected chi connectivity index (χ3v) is 5.80. The fourth-order valence-corrected chi connectivity index (χ4v) is 3.94. The minimum atomic E-state index is 0. The summed E-state index contributed by atoms with van der Waals surface area (Å²) in [6.45, 7) is 8.45. The number of para-hydroxylation sites is 1. The Labute approximate surface area is 179 Å². The molecule has 150 valence electrons. The van der Waals surface area contributed by atoms with Crippen LogP contribution >= 0.6 is 24.0 Å². The van der Waals surface area contributed by atoms with Crippen molar-refractivity contribution in [2.45, 2.75) is 39.2 Å². The highest BCUT2D eigenvalue weighted by molar-refractivity contribution is 14.0. The number of halogens is 1. The molecular weight excluding hydrogens is 453 g/mol. The number of rotatable bonds is 6. The predicted molar refractivity (Wildman–Crippen MR) is 119 cm³/mol. The number of aliphatic imine (C=N–C) groups is 1. The lowest BCUT2D eigenvalue weighted by Gasteiger charge is -2.25. The van der Waals surface area contributed by atoms with Crippen LogP contribution in [-0.2, 0) is 11.3 Å². The van der Waals surface area contributed by atoms with Gasteiger partial charge < -0.3 is 19.7 Å². The second-order valence-corrected chi connectivity index (χ2v) is 8.01. The highest BCUT2D eigenvalue weighted by Gasteiger charge is 2.42. The van der Waals surface area contributed by atoms with E-state index in [1.807, 2.05) is 6.07 Å². The summed E-state index contributed by atoms with van der Waals surface area (Å²) in [5.41, 5.74) is 1.52. The average molecular weight is 485 g/mol. The molecule has 2 heterocycles. The summed E-state index contributed by atoms with van der Waals surface area (Å²) in [5, 5.41) is 3.48. The molecule has 0 amide bonds. The number of nitrogens with one attached hydrogen (secondary N) is 1. The minimum Gasteiger partial charge on any atom is -0.493 e. The van der Waals surface area contributed by atoms with E-state index in [9.17, 15) is 0 Å². The van der Waals surface area contributed by atoms with E-state index in [2.05, 4.69) is 35.3 Å². The lowest BCUT2D eigenvalue weighted by atomic mass is 9.87. The van der Waals surface area contributed by atoms with Gasteiger partial charge in [-0.3, -0.25) is 0 Å². The second-order valence-electron chi connectivity index (χ2n) is 8.01. The van der Waals surface area contributed by atoms with Gasteiger partial charge in [0, 0.05) is 37.2 Å². The molecule has 2 saturated heterocycles. The molecular formula is C21H32IN3O2. The third-order valence-electron chi connectivity index (χ3n) is 5.80. The number of hydrogen-bond acceptors (Lipinski definition) is 3. The van der Waals surface area contributed by atoms with Crippen molar-refractivity contribution in [1.82, 2.24) is 10.2 Å². The number of ether oxygens (including phenoxy) is 2. The molecule has 3 aliphatic rings. The van der Waals surface area contributed by atoms with Gasteiger partial charge >= 0.3 is 0 Å². The van der Waals surface area contributed by atoms with Crippen LogP contribution in [0.25, 0.3) is 0 Å². The summed E-state index contributed by atoms with van der Waals surface area (Å²) in [5.74, 6) is 2.77. The van der Waals surface area contributed by atoms with Crippen LogP contribution in [0.5, 0.6) is 5.75 Å². The van der Waals surface area contributed by atoms with Crippen molar-refractivity contribution in [3.8, 4) is 5.75 Å². The molecule has 0 radical (unpaired) electrons. The van der Waals surface area contributed by atoms with Crippen LogP contribution in [0.1, 0.15) is 38.2 Å². The van der Waals surface area contributed by atoms with E-state index in [0.29, 0.717) is 12.0 Å². The maximum atomic E-state index is 6.04. The molecule has 1 N–H and O–H groups in total. The Morgan fingerprint density at radius 1 is 1.33 bits per heavy atom. The molecule has 0 aromatic heterocycles. The van der Waals surface area contributed by atoms with Crippen molar-refractivity contribution in [3.63, 3.8) is 0 Å². The molecule has 5 nitrogen and oxygen atoms in total. The van der Waals surface area contributed by atoms with Gasteiger partial charge in [0.2, 0.25) is 0 Å². The monoisotopic (exact) mass is 485 g/mol. The summed E-state index contributed by atoms with van der Waals surface area (Å²) in [4.78, 5) is 7.34. The van der Waals surface area contributed by atoms with Crippen molar-refractivity contribution in [2.24, 2.45) is 16.3 Å². The average Bonchev–Trinajstić information content (AvgIpc) is 3.24. The Balaban J connectivity index is 0.00000210. The first kappa shape index (κ1) is 20.7. The number of benzene rings is 1. The summed E-state index contributed by atoms with van der Waals surface area (Å²) < 4.78 is 11.7. The summed E-state index contributed by atoms with van der Waals surface area (Å²) >= 11 is 0. The largest absolute Gasteiger partial charge is 0.493 e. The predicted octanol–water partition coefficient (Wildman–Crippen LogP) is 3.67. The van der Waals surface area contributed by atoms with Crippen LogP contribution in [0.4, 0.5) is 0 Å². The van der Waals surface area contributed by atoms with Crippen LogP contribution in [0.2, 0.25) is 0 Å². The van der Waals surface area contributed by atoms with Crippen LogP contribution < -0.4 is 10.1 Å². The Morgan fingerprint density at radius 2 is 2.19 bits per heavy atom. The zero-order chi connectivity index (χ0) is 17.8. The summed E-state index contributed by atoms with van der Waals surface area (Å²) in [6.07, 6.45) is 5.01. The SMILES string of the molecule is CCNC(=NCc1ccccc1OCC1CC1)N1CCC2(CCOC2)C1.I. The van der Waals surface area contributed by atoms with Gasteiger partial charge in [0.1, 0.15) is 5.75 Å². The molecule has 1 atom stereocenters. The van der Waals surface area contributed by atoms with E-state index in [4.69, 9.17) is 14.5 Å². The van der Waals surface area contributed by atoms with Crippen molar-refractivity contribution in [3.05, 3.63) is 29.8 Å². The molecule has 0 bridgehead atoms. The van der Waals surface area contributed by atoms with E-state index in [1.54, 1.807) is 0 Å². The third kappa shape index (κ3) is 5.28. The summed E-state index contributed by atoms with van der Waals surface area (Å²) in [6, 6.07) is 8.32. The van der Waals surface area contributed by atoms with Crippen LogP contribution in [0.15, 0.2) is 29.3 Å². The fraction of sp³-hybridized carbons (Fsp3) is 0.667. The number of likely N-dealkylation sites (tertiary alicyclic amines) is 1. The molecule has 6 heteroatoms. The molecule has 1 aromatic rings. The van der Waals surface area contributed by atoms with E-state index >= 15 is 0 Å². The smallest absolute Gasteiger partial charge is 0.194 e. The van der Waals surface area contributed by atoms with E-state index in [1.165, 1.54) is 31.2 Å². The van der Waals surface area contributed by atoms with Crippen molar-refractivity contribution in [2.75, 3.05) is 39.5 Å². The van der Waals surface area contributed by atoms with Gasteiger partial charge in [0.15, 0.2) is 5.96 Å². The highest BCUT2D eigenvalue weighted by Crippen LogP contribution is 2.38. The molecule has 1 aliphatic carbocycles. The van der Waals surface area contributed by atoms with Gasteiger partial charge in [-0.15, -0.1) is 24.0 Å². The molecule has 1 unspecified atom stereocenters. The van der Waals surface area contributed by atoms with E-state index in [0.717, 1.165) is 57.1 Å². The fourth-order valence-electron chi connectivity index (χ4n) is 3.94. The zero-order valence-corrected chi connectivity index (χ0v) is 18.6. The van der Waals surface area contributed by atoms with Gasteiger partial charge in [-0.25, -0.2) is 4.99 Å². The first-order valence-electron chi connectivity index (χ1n) is 10.1. The maximum Gasteiger partial charge on any atom is 0.194 e. The Morgan fingerprint density at radius 3 is 2.93 bits per heavy atom. The number of hydrogen-bond donors (Lipinski definition) is 1. The molecule has 4 rings (SSSR count). The summed E-state index contributed by atoms with van der Waals surface area (Å²) in [7, 11) is 0. The standard InChI is InChI=1S/C21H31N3O2.HI/c1-2-22-20(24-11-9-21(15-24)10-12-25-16-21)23-13-18-5-3-4-6-19(18)26-14-17-7-8-17;/h3-6,17H,2,7-16H2,1H3,(H,22,23);1H. The quantitative estimate of drug-likeness (QED) is 0.380. The topological polar surface area (TPSA) is 46.1 Å². The van der Waals surface area contributed by atoms with Gasteiger partial charge in [-0.05, 0) is 44.6 Å². The molecule has 1 aromatic carbocycles. The zero-order valence-electron chi connectivity index (χ0n) is 16.3. The molecule has 3 fully saturated rings. The van der Waals surface area contributed by atoms with E-state index in [-0.39, 0.29) is 24.0 Å². The lowest BCUT2D eigenvalue weighted by molar-refractivity contribution is 0.156. The Hall–Kier alpha value is -1.02. The lowest BCUT2D eigenvalue weighted by Crippen LogP contribution is -2.41. The molecule has 1 spiro atoms. The minimum absolute atomic E-state index is 0. The van der Waals surface area contributed by atoms with Crippen LogP contribution in [0.3, 0.4) is 0 Å². The van der Waals surface area contributed by atoms with E-state index < -0.39 is 0 Å². The van der Waals surface area contributed by atoms with Crippen LogP contribution in [0, 0.1) is 11.3 Å². The van der Waals surface area contributed by atoms with Crippen molar-refractivity contribution in [1.29, 1.82) is 0 Å². The van der Waals surface area contributed by atoms with Crippen LogP contribution in [-0.4, -0.2) is 50.3 Å². The maximum absolute atomic E-state index is 6.04. The van der Waals surface area contributed by atoms with Gasteiger partial charge in [0.05, 0.1) is 19.8 Å². The number of guanidine groups is 1.